The highest BCUT2D eigenvalue weighted by Crippen LogP contribution is 2.16. The molecule has 0 saturated heterocycles. The number of ether oxygens (including phenoxy) is 1. The van der Waals surface area contributed by atoms with Gasteiger partial charge >= 0.3 is 5.63 Å². The van der Waals surface area contributed by atoms with Gasteiger partial charge in [0.1, 0.15) is 18.6 Å². The Hall–Kier alpha value is -3.53. The molecule has 0 radical (unpaired) electrons. The summed E-state index contributed by atoms with van der Waals surface area (Å²) in [7, 11) is 0. The van der Waals surface area contributed by atoms with E-state index in [1.807, 2.05) is 0 Å². The monoisotopic (exact) mass is 326 g/mol. The number of hydrogen-bond donors (Lipinski definition) is 2. The topological polar surface area (TPSA) is 112 Å². The number of nitrogens with one attached hydrogen (secondary N) is 1. The summed E-state index contributed by atoms with van der Waals surface area (Å²) in [6.07, 6.45) is 1.08. The molecule has 7 heteroatoms. The highest BCUT2D eigenvalue weighted by atomic mass is 16.5. The summed E-state index contributed by atoms with van der Waals surface area (Å²) in [5.41, 5.74) is 5.21. The fourth-order valence-corrected chi connectivity index (χ4v) is 1.74. The molecule has 2 aromatic rings. The van der Waals surface area contributed by atoms with Gasteiger partial charge in [-0.1, -0.05) is 24.0 Å². The molecule has 3 N–H and O–H groups in total. The summed E-state index contributed by atoms with van der Waals surface area (Å²) in [5, 5.41) is 2.54. The molecule has 0 aliphatic carbocycles. The number of primary amides is 1. The van der Waals surface area contributed by atoms with Crippen LogP contribution in [0.1, 0.15) is 20.7 Å². The van der Waals surface area contributed by atoms with Crippen LogP contribution in [0.2, 0.25) is 0 Å². The van der Waals surface area contributed by atoms with Crippen molar-refractivity contribution in [2.45, 2.75) is 0 Å². The van der Waals surface area contributed by atoms with E-state index in [9.17, 15) is 14.4 Å². The first-order chi connectivity index (χ1) is 11.6. The molecule has 24 heavy (non-hydrogen) atoms. The third-order valence-electron chi connectivity index (χ3n) is 2.88. The fraction of sp³-hybridized carbons (Fsp3) is 0.118. The Kier molecular flexibility index (Phi) is 5.75. The van der Waals surface area contributed by atoms with Gasteiger partial charge in [-0.15, -0.1) is 0 Å². The first kappa shape index (κ1) is 16.8. The van der Waals surface area contributed by atoms with Crippen LogP contribution in [0.25, 0.3) is 0 Å². The van der Waals surface area contributed by atoms with Gasteiger partial charge in [0.25, 0.3) is 11.8 Å². The molecule has 2 rings (SSSR count). The van der Waals surface area contributed by atoms with Gasteiger partial charge in [0.05, 0.1) is 17.7 Å². The van der Waals surface area contributed by atoms with E-state index in [2.05, 4.69) is 21.6 Å². The summed E-state index contributed by atoms with van der Waals surface area (Å²) >= 11 is 0. The molecule has 0 atom stereocenters. The first-order valence-corrected chi connectivity index (χ1v) is 6.92. The molecular weight excluding hydrogens is 312 g/mol. The Morgan fingerprint density at radius 2 is 1.96 bits per heavy atom. The standard InChI is InChI=1S/C17H14N2O5/c18-16(21)13-5-1-2-6-14(13)23-10-4-3-9-19-17(22)12-7-8-15(20)24-11-12/h1-2,5-8,11H,9-10H2,(H2,18,21)(H,19,22). The van der Waals surface area contributed by atoms with Crippen molar-refractivity contribution < 1.29 is 18.7 Å². The zero-order valence-electron chi connectivity index (χ0n) is 12.6. The molecule has 2 amide bonds. The maximum absolute atomic E-state index is 11.7. The van der Waals surface area contributed by atoms with E-state index < -0.39 is 17.4 Å². The van der Waals surface area contributed by atoms with E-state index in [0.717, 1.165) is 12.3 Å². The first-order valence-electron chi connectivity index (χ1n) is 6.92. The lowest BCUT2D eigenvalue weighted by atomic mass is 10.2. The predicted molar refractivity (Wildman–Crippen MR) is 85.5 cm³/mol. The van der Waals surface area contributed by atoms with E-state index in [1.54, 1.807) is 24.3 Å². The van der Waals surface area contributed by atoms with Crippen LogP contribution in [0, 0.1) is 11.8 Å². The largest absolute Gasteiger partial charge is 0.480 e. The van der Waals surface area contributed by atoms with Crippen LogP contribution in [-0.4, -0.2) is 25.0 Å². The van der Waals surface area contributed by atoms with Crippen LogP contribution in [0.3, 0.4) is 0 Å². The van der Waals surface area contributed by atoms with Crippen LogP contribution in [0.4, 0.5) is 0 Å². The van der Waals surface area contributed by atoms with Gasteiger partial charge in [-0.05, 0) is 18.2 Å². The number of benzene rings is 1. The molecule has 7 nitrogen and oxygen atoms in total. The Labute approximate surface area is 137 Å². The molecule has 1 aromatic carbocycles. The van der Waals surface area contributed by atoms with Gasteiger partial charge in [-0.2, -0.15) is 0 Å². The molecule has 1 heterocycles. The lowest BCUT2D eigenvalue weighted by Gasteiger charge is -2.05. The normalized spacial score (nSPS) is 9.50. The van der Waals surface area contributed by atoms with E-state index >= 15 is 0 Å². The third-order valence-corrected chi connectivity index (χ3v) is 2.88. The van der Waals surface area contributed by atoms with Gasteiger partial charge in [0.2, 0.25) is 0 Å². The molecule has 0 aliphatic heterocycles. The molecule has 0 fully saturated rings. The number of carbonyl (C=O) groups excluding carboxylic acids is 2. The Bertz CT molecular complexity index is 841. The maximum Gasteiger partial charge on any atom is 0.335 e. The molecular formula is C17H14N2O5. The van der Waals surface area contributed by atoms with Crippen molar-refractivity contribution in [2.75, 3.05) is 13.2 Å². The fourth-order valence-electron chi connectivity index (χ4n) is 1.74. The van der Waals surface area contributed by atoms with Gasteiger partial charge in [-0.25, -0.2) is 4.79 Å². The van der Waals surface area contributed by atoms with Crippen molar-refractivity contribution in [1.82, 2.24) is 5.32 Å². The van der Waals surface area contributed by atoms with Crippen LogP contribution < -0.4 is 21.4 Å². The minimum Gasteiger partial charge on any atom is -0.480 e. The van der Waals surface area contributed by atoms with Crippen molar-refractivity contribution in [3.05, 3.63) is 64.2 Å². The van der Waals surface area contributed by atoms with E-state index in [0.29, 0.717) is 5.75 Å². The minimum absolute atomic E-state index is 0.0420. The number of rotatable bonds is 5. The van der Waals surface area contributed by atoms with E-state index in [1.165, 1.54) is 6.07 Å². The number of carbonyl (C=O) groups is 2. The SMILES string of the molecule is NC(=O)c1ccccc1OCC#CCNC(=O)c1ccc(=O)oc1. The molecule has 0 aliphatic rings. The summed E-state index contributed by atoms with van der Waals surface area (Å²) in [6, 6.07) is 9.09. The van der Waals surface area contributed by atoms with Crippen molar-refractivity contribution in [3.8, 4) is 17.6 Å². The molecule has 1 aromatic heterocycles. The Morgan fingerprint density at radius 3 is 2.67 bits per heavy atom. The van der Waals surface area contributed by atoms with Gasteiger partial charge in [0.15, 0.2) is 0 Å². The molecule has 0 spiro atoms. The van der Waals surface area contributed by atoms with Crippen LogP contribution in [0.15, 0.2) is 51.9 Å². The van der Waals surface area contributed by atoms with Crippen LogP contribution >= 0.6 is 0 Å². The number of hydrogen-bond acceptors (Lipinski definition) is 5. The molecule has 0 saturated carbocycles. The van der Waals surface area contributed by atoms with Crippen molar-refractivity contribution in [2.24, 2.45) is 5.73 Å². The number of para-hydroxylation sites is 1. The van der Waals surface area contributed by atoms with Crippen molar-refractivity contribution >= 4 is 11.8 Å². The van der Waals surface area contributed by atoms with Gasteiger partial charge < -0.3 is 20.2 Å². The predicted octanol–water partition coefficient (Wildman–Crippen LogP) is 0.551. The molecule has 0 unspecified atom stereocenters. The van der Waals surface area contributed by atoms with Crippen LogP contribution in [0.5, 0.6) is 5.75 Å². The summed E-state index contributed by atoms with van der Waals surface area (Å²) in [6.45, 7) is 0.138. The number of nitrogens with two attached hydrogens (primary N) is 1. The van der Waals surface area contributed by atoms with E-state index in [4.69, 9.17) is 10.5 Å². The highest BCUT2D eigenvalue weighted by Gasteiger charge is 2.07. The van der Waals surface area contributed by atoms with E-state index in [-0.39, 0.29) is 24.3 Å². The third kappa shape index (κ3) is 4.74. The summed E-state index contributed by atoms with van der Waals surface area (Å²) in [4.78, 5) is 33.7. The second-order valence-electron chi connectivity index (χ2n) is 4.53. The quantitative estimate of drug-likeness (QED) is 0.779. The van der Waals surface area contributed by atoms with Gasteiger partial charge in [-0.3, -0.25) is 9.59 Å². The van der Waals surface area contributed by atoms with Gasteiger partial charge in [0, 0.05) is 6.07 Å². The lowest BCUT2D eigenvalue weighted by Crippen LogP contribution is -2.24. The second kappa shape index (κ2) is 8.19. The maximum atomic E-state index is 11.7. The minimum atomic E-state index is -0.583. The zero-order valence-corrected chi connectivity index (χ0v) is 12.6. The zero-order chi connectivity index (χ0) is 17.4. The summed E-state index contributed by atoms with van der Waals surface area (Å²) in [5.74, 6) is 4.76. The number of amides is 2. The second-order valence-corrected chi connectivity index (χ2v) is 4.53. The van der Waals surface area contributed by atoms with Crippen molar-refractivity contribution in [3.63, 3.8) is 0 Å². The smallest absolute Gasteiger partial charge is 0.335 e. The average Bonchev–Trinajstić information content (AvgIpc) is 2.58. The Balaban J connectivity index is 1.80. The Morgan fingerprint density at radius 1 is 1.17 bits per heavy atom. The highest BCUT2D eigenvalue weighted by molar-refractivity contribution is 5.95. The average molecular weight is 326 g/mol. The summed E-state index contributed by atoms with van der Waals surface area (Å²) < 4.78 is 9.96. The lowest BCUT2D eigenvalue weighted by molar-refractivity contribution is 0.0954. The molecule has 122 valence electrons. The van der Waals surface area contributed by atoms with Crippen molar-refractivity contribution in [1.29, 1.82) is 0 Å². The molecule has 0 bridgehead atoms. The van der Waals surface area contributed by atoms with Crippen LogP contribution in [-0.2, 0) is 0 Å².